The molecule has 0 aliphatic heterocycles. The number of ketones is 3. The highest BCUT2D eigenvalue weighted by atomic mass is 28.4. The van der Waals surface area contributed by atoms with Crippen molar-refractivity contribution in [2.45, 2.75) is 65.0 Å². The van der Waals surface area contributed by atoms with E-state index >= 15 is 0 Å². The molecular weight excluding hydrogens is 1000 g/mol. The molecule has 3 amide bonds. The Hall–Kier alpha value is -8.25. The number of carbonyl (C=O) groups excluding carboxylic acids is 6. The Bertz CT molecular complexity index is 3080. The van der Waals surface area contributed by atoms with Crippen molar-refractivity contribution < 1.29 is 72.5 Å². The molecule has 0 saturated carbocycles. The molecule has 0 aromatic heterocycles. The van der Waals surface area contributed by atoms with Crippen molar-refractivity contribution in [1.29, 1.82) is 0 Å². The molecule has 0 bridgehead atoms. The average Bonchev–Trinajstić information content (AvgIpc) is 3.35. The van der Waals surface area contributed by atoms with E-state index in [2.05, 4.69) is 47.5 Å². The van der Waals surface area contributed by atoms with Crippen LogP contribution < -0.4 is 21.3 Å². The average molecular weight is 1060 g/mol. The van der Waals surface area contributed by atoms with Gasteiger partial charge in [-0.05, 0) is 145 Å². The van der Waals surface area contributed by atoms with E-state index in [4.69, 9.17) is 4.12 Å². The molecular formula is C54H60N4O15Si2. The minimum atomic E-state index is -1.95. The molecule has 5 aromatic carbocycles. The first-order valence-electron chi connectivity index (χ1n) is 23.5. The third-order valence-electron chi connectivity index (χ3n) is 11.7. The lowest BCUT2D eigenvalue weighted by atomic mass is 9.94. The van der Waals surface area contributed by atoms with Crippen LogP contribution in [0.3, 0.4) is 0 Å². The van der Waals surface area contributed by atoms with Crippen LogP contribution in [0.25, 0.3) is 0 Å². The lowest BCUT2D eigenvalue weighted by Gasteiger charge is -2.34. The molecule has 19 nitrogen and oxygen atoms in total. The predicted octanol–water partition coefficient (Wildman–Crippen LogP) is 7.91. The van der Waals surface area contributed by atoms with Crippen LogP contribution in [0.15, 0.2) is 97.1 Å². The van der Waals surface area contributed by atoms with E-state index in [0.29, 0.717) is 18.7 Å². The topological polar surface area (TPSA) is 309 Å². The Balaban J connectivity index is 0.000000330. The summed E-state index contributed by atoms with van der Waals surface area (Å²) in [5, 5.41) is 48.9. The second kappa shape index (κ2) is 26.1. The fourth-order valence-corrected chi connectivity index (χ4v) is 16.9. The van der Waals surface area contributed by atoms with Gasteiger partial charge in [0.1, 0.15) is 0 Å². The Morgan fingerprint density at radius 3 is 1.32 bits per heavy atom. The zero-order valence-electron chi connectivity index (χ0n) is 42.8. The van der Waals surface area contributed by atoms with E-state index in [9.17, 15) is 68.4 Å². The van der Waals surface area contributed by atoms with E-state index in [1.807, 2.05) is 20.0 Å². The summed E-state index contributed by atoms with van der Waals surface area (Å²) in [7, 11) is -0.478. The second-order valence-corrected chi connectivity index (χ2v) is 27.4. The molecule has 0 aliphatic rings. The maximum atomic E-state index is 13.1. The number of carboxylic acids is 4. The monoisotopic (exact) mass is 1060 g/mol. The van der Waals surface area contributed by atoms with Crippen LogP contribution >= 0.6 is 0 Å². The fraction of sp³-hybridized carbons (Fsp3) is 0.259. The highest BCUT2D eigenvalue weighted by molar-refractivity contribution is 6.84. The normalized spacial score (nSPS) is 11.0. The maximum Gasteiger partial charge on any atom is 0.336 e. The summed E-state index contributed by atoms with van der Waals surface area (Å²) in [6.45, 7) is 13.2. The summed E-state index contributed by atoms with van der Waals surface area (Å²) in [4.78, 5) is 122. The zero-order valence-corrected chi connectivity index (χ0v) is 44.8. The predicted molar refractivity (Wildman–Crippen MR) is 284 cm³/mol. The lowest BCUT2D eigenvalue weighted by Crippen LogP contribution is -2.44. The number of nitrogens with one attached hydrogen (secondary N) is 4. The summed E-state index contributed by atoms with van der Waals surface area (Å²) in [6, 6.07) is 23.3. The molecule has 394 valence electrons. The van der Waals surface area contributed by atoms with Crippen LogP contribution in [-0.4, -0.2) is 123 Å². The van der Waals surface area contributed by atoms with Crippen LogP contribution in [0, 0.1) is 6.92 Å². The number of carboxylic acid groups (broad SMARTS) is 4. The zero-order chi connectivity index (χ0) is 55.9. The van der Waals surface area contributed by atoms with Crippen molar-refractivity contribution in [2.24, 2.45) is 0 Å². The number of hydrogen-bond donors (Lipinski definition) is 8. The number of carbonyl (C=O) groups is 10. The fourth-order valence-electron chi connectivity index (χ4n) is 8.09. The summed E-state index contributed by atoms with van der Waals surface area (Å²) >= 11 is 0. The van der Waals surface area contributed by atoms with Crippen molar-refractivity contribution in [2.75, 3.05) is 32.5 Å². The van der Waals surface area contributed by atoms with Gasteiger partial charge in [-0.2, -0.15) is 0 Å². The first-order valence-corrected chi connectivity index (χ1v) is 29.8. The molecule has 5 aromatic rings. The van der Waals surface area contributed by atoms with Crippen LogP contribution in [0.4, 0.5) is 5.69 Å². The Labute approximate surface area is 435 Å². The smallest absolute Gasteiger partial charge is 0.336 e. The van der Waals surface area contributed by atoms with E-state index in [1.54, 1.807) is 18.2 Å². The number of amides is 3. The maximum absolute atomic E-state index is 13.1. The van der Waals surface area contributed by atoms with Gasteiger partial charge in [-0.15, -0.1) is 0 Å². The summed E-state index contributed by atoms with van der Waals surface area (Å²) in [5.74, 6) is -9.11. The number of hydrogen-bond acceptors (Lipinski definition) is 12. The van der Waals surface area contributed by atoms with Gasteiger partial charge in [-0.1, -0.05) is 36.4 Å². The minimum Gasteiger partial charge on any atom is -0.478 e. The Morgan fingerprint density at radius 1 is 0.480 bits per heavy atom. The molecule has 0 unspecified atom stereocenters. The van der Waals surface area contributed by atoms with E-state index in [-0.39, 0.29) is 66.8 Å². The molecule has 8 N–H and O–H groups in total. The minimum absolute atomic E-state index is 0.0112. The highest BCUT2D eigenvalue weighted by Crippen LogP contribution is 2.25. The van der Waals surface area contributed by atoms with Crippen LogP contribution in [0.1, 0.15) is 140 Å². The van der Waals surface area contributed by atoms with Crippen LogP contribution in [0.2, 0.25) is 38.3 Å². The van der Waals surface area contributed by atoms with Gasteiger partial charge < -0.3 is 45.8 Å². The SMILES string of the molecule is CNC(=O)c1cc(C(=O)c2ccc(C(=O)Nc3cccc(C)c3)c(C(=O)O)c2)ccc1C(=O)O.CNCCC[Si](C)(C)O[Si](C)(C)CCCNC(=O)c1ccc(C(=O)c2ccc(C(=O)O)c(C(C)=O)c2)cc1C(=O)O. The highest BCUT2D eigenvalue weighted by Gasteiger charge is 2.32. The summed E-state index contributed by atoms with van der Waals surface area (Å²) < 4.78 is 6.60. The van der Waals surface area contributed by atoms with Crippen molar-refractivity contribution in [1.82, 2.24) is 16.0 Å². The molecule has 0 saturated heterocycles. The largest absolute Gasteiger partial charge is 0.478 e. The van der Waals surface area contributed by atoms with Crippen molar-refractivity contribution in [3.05, 3.63) is 169 Å². The first kappa shape index (κ1) is 59.3. The lowest BCUT2D eigenvalue weighted by molar-refractivity contribution is 0.0682. The first-order chi connectivity index (χ1) is 35.2. The van der Waals surface area contributed by atoms with Crippen LogP contribution in [-0.2, 0) is 4.12 Å². The van der Waals surface area contributed by atoms with E-state index in [0.717, 1.165) is 60.9 Å². The standard InChI is InChI=1S/C29H40N2O8Si2.C25H20N2O7/c1-19(32)24-17-20(10-12-23(24)28(35)36)26(33)21-9-11-22(25(18-21)29(37)38)27(34)31-14-8-16-41(5,6)39-40(3,4)15-7-13-30-2;1-13-4-3-5-16(10-13)27-23(30)17-8-6-15(12-20(17)25(33)34)21(28)14-7-9-18(24(31)32)19(11-14)22(29)26-2/h9-12,17-18,30H,7-8,13-16H2,1-6H3,(H,31,34)(H,35,36)(H,37,38);3-12H,1-2H3,(H,26,29)(H,27,30)(H,31,32)(H,33,34). The van der Waals surface area contributed by atoms with Gasteiger partial charge in [0.2, 0.25) is 0 Å². The van der Waals surface area contributed by atoms with Gasteiger partial charge >= 0.3 is 23.9 Å². The number of aryl methyl sites for hydroxylation is 1. The molecule has 0 heterocycles. The quantitative estimate of drug-likeness (QED) is 0.0175. The van der Waals surface area contributed by atoms with Gasteiger partial charge in [-0.3, -0.25) is 28.8 Å². The molecule has 21 heteroatoms. The van der Waals surface area contributed by atoms with Crippen molar-refractivity contribution >= 4 is 81.3 Å². The second-order valence-electron chi connectivity index (χ2n) is 18.6. The number of rotatable bonds is 23. The van der Waals surface area contributed by atoms with Gasteiger partial charge in [0.05, 0.1) is 38.9 Å². The summed E-state index contributed by atoms with van der Waals surface area (Å²) in [6.07, 6.45) is 1.76. The molecule has 0 aliphatic carbocycles. The molecule has 75 heavy (non-hydrogen) atoms. The Kier molecular flexibility index (Phi) is 20.7. The number of anilines is 1. The number of aromatic carboxylic acids is 4. The van der Waals surface area contributed by atoms with Gasteiger partial charge in [-0.25, -0.2) is 19.2 Å². The molecule has 0 spiro atoms. The molecule has 0 atom stereocenters. The number of benzene rings is 5. The Morgan fingerprint density at radius 2 is 0.893 bits per heavy atom. The molecule has 5 rings (SSSR count). The third-order valence-corrected chi connectivity index (χ3v) is 19.2. The van der Waals surface area contributed by atoms with Crippen LogP contribution in [0.5, 0.6) is 0 Å². The van der Waals surface area contributed by atoms with Gasteiger partial charge in [0, 0.05) is 47.1 Å². The van der Waals surface area contributed by atoms with Crippen molar-refractivity contribution in [3.63, 3.8) is 0 Å². The van der Waals surface area contributed by atoms with E-state index < -0.39 is 75.6 Å². The summed E-state index contributed by atoms with van der Waals surface area (Å²) in [5.41, 5.74) is -0.467. The van der Waals surface area contributed by atoms with Crippen molar-refractivity contribution in [3.8, 4) is 0 Å². The molecule has 0 fully saturated rings. The number of Topliss-reactive ketones (excluding diaryl/α,β-unsaturated/α-hetero) is 1. The third kappa shape index (κ3) is 16.4. The van der Waals surface area contributed by atoms with Gasteiger partial charge in [0.25, 0.3) is 17.7 Å². The van der Waals surface area contributed by atoms with E-state index in [1.165, 1.54) is 56.4 Å². The van der Waals surface area contributed by atoms with Gasteiger partial charge in [0.15, 0.2) is 34.0 Å². The molecule has 0 radical (unpaired) electrons.